The molecule has 0 spiro atoms. The van der Waals surface area contributed by atoms with Crippen LogP contribution in [0.4, 0.5) is 10.3 Å². The molecule has 1 aliphatic rings. The molecule has 1 unspecified atom stereocenters. The van der Waals surface area contributed by atoms with Crippen LogP contribution in [0.5, 0.6) is 0 Å². The fourth-order valence-corrected chi connectivity index (χ4v) is 2.70. The lowest BCUT2D eigenvalue weighted by atomic mass is 10.2. The van der Waals surface area contributed by atoms with Gasteiger partial charge in [0.2, 0.25) is 5.95 Å². The summed E-state index contributed by atoms with van der Waals surface area (Å²) in [5.41, 5.74) is 8.18. The number of nitrogens with zero attached hydrogens (tertiary/aromatic N) is 3. The van der Waals surface area contributed by atoms with Gasteiger partial charge in [-0.1, -0.05) is 0 Å². The SMILES string of the molecule is Cc1cc2c(cc1F)nc(N)n2CC(C)N(C)C1CC1. The molecule has 1 heterocycles. The van der Waals surface area contributed by atoms with Crippen molar-refractivity contribution in [2.45, 2.75) is 45.3 Å². The van der Waals surface area contributed by atoms with Crippen molar-refractivity contribution in [3.63, 3.8) is 0 Å². The van der Waals surface area contributed by atoms with Crippen molar-refractivity contribution in [3.05, 3.63) is 23.5 Å². The van der Waals surface area contributed by atoms with Crippen molar-refractivity contribution >= 4 is 17.0 Å². The molecule has 108 valence electrons. The van der Waals surface area contributed by atoms with Crippen molar-refractivity contribution in [2.75, 3.05) is 12.8 Å². The second kappa shape index (κ2) is 4.74. The van der Waals surface area contributed by atoms with Crippen molar-refractivity contribution in [1.29, 1.82) is 0 Å². The van der Waals surface area contributed by atoms with E-state index >= 15 is 0 Å². The van der Waals surface area contributed by atoms with Crippen molar-refractivity contribution in [3.8, 4) is 0 Å². The van der Waals surface area contributed by atoms with Gasteiger partial charge in [0.25, 0.3) is 0 Å². The van der Waals surface area contributed by atoms with Gasteiger partial charge in [0.05, 0.1) is 11.0 Å². The normalized spacial score (nSPS) is 17.1. The molecule has 0 amide bonds. The first-order valence-corrected chi connectivity index (χ1v) is 7.11. The highest BCUT2D eigenvalue weighted by molar-refractivity contribution is 5.79. The zero-order valence-corrected chi connectivity index (χ0v) is 12.2. The quantitative estimate of drug-likeness (QED) is 0.933. The molecule has 0 saturated heterocycles. The number of fused-ring (bicyclic) bond motifs is 1. The van der Waals surface area contributed by atoms with E-state index in [1.165, 1.54) is 18.9 Å². The Balaban J connectivity index is 1.93. The Bertz CT molecular complexity index is 645. The molecule has 1 atom stereocenters. The van der Waals surface area contributed by atoms with Gasteiger partial charge >= 0.3 is 0 Å². The van der Waals surface area contributed by atoms with E-state index in [2.05, 4.69) is 23.9 Å². The fraction of sp³-hybridized carbons (Fsp3) is 0.533. The summed E-state index contributed by atoms with van der Waals surface area (Å²) in [5, 5.41) is 0. The average Bonchev–Trinajstić information content (AvgIpc) is 3.19. The summed E-state index contributed by atoms with van der Waals surface area (Å²) in [6.07, 6.45) is 2.57. The Morgan fingerprint density at radius 2 is 2.20 bits per heavy atom. The number of likely N-dealkylation sites (N-methyl/N-ethyl adjacent to an activating group) is 1. The summed E-state index contributed by atoms with van der Waals surface area (Å²) in [7, 11) is 2.16. The molecule has 1 saturated carbocycles. The number of nitrogen functional groups attached to an aromatic ring is 1. The van der Waals surface area contributed by atoms with E-state index in [9.17, 15) is 4.39 Å². The maximum absolute atomic E-state index is 13.6. The summed E-state index contributed by atoms with van der Waals surface area (Å²) in [4.78, 5) is 6.66. The summed E-state index contributed by atoms with van der Waals surface area (Å²) in [6.45, 7) is 4.74. The number of halogens is 1. The molecule has 4 nitrogen and oxygen atoms in total. The van der Waals surface area contributed by atoms with Gasteiger partial charge in [0.1, 0.15) is 5.82 Å². The van der Waals surface area contributed by atoms with Crippen LogP contribution in [0.1, 0.15) is 25.3 Å². The predicted octanol–water partition coefficient (Wildman–Crippen LogP) is 2.55. The van der Waals surface area contributed by atoms with Crippen LogP contribution in [0.3, 0.4) is 0 Å². The monoisotopic (exact) mass is 276 g/mol. The van der Waals surface area contributed by atoms with Gasteiger partial charge in [-0.3, -0.25) is 4.90 Å². The molecule has 2 aromatic rings. The highest BCUT2D eigenvalue weighted by Gasteiger charge is 2.29. The standard InChI is InChI=1S/C15H21FN4/c1-9-6-14-13(7-12(9)16)18-15(17)20(14)8-10(2)19(3)11-4-5-11/h6-7,10-11H,4-5,8H2,1-3H3,(H2,17,18). The van der Waals surface area contributed by atoms with E-state index in [-0.39, 0.29) is 5.82 Å². The minimum atomic E-state index is -0.231. The highest BCUT2D eigenvalue weighted by atomic mass is 19.1. The number of aryl methyl sites for hydroxylation is 1. The van der Waals surface area contributed by atoms with E-state index in [0.717, 1.165) is 12.1 Å². The van der Waals surface area contributed by atoms with Crippen LogP contribution in [-0.2, 0) is 6.54 Å². The minimum absolute atomic E-state index is 0.231. The number of hydrogen-bond acceptors (Lipinski definition) is 3. The number of imidazole rings is 1. The molecular formula is C15H21FN4. The molecule has 20 heavy (non-hydrogen) atoms. The number of anilines is 1. The minimum Gasteiger partial charge on any atom is -0.369 e. The van der Waals surface area contributed by atoms with Gasteiger partial charge in [-0.25, -0.2) is 9.37 Å². The molecule has 1 aliphatic carbocycles. The lowest BCUT2D eigenvalue weighted by Crippen LogP contribution is -2.34. The Labute approximate surface area is 118 Å². The van der Waals surface area contributed by atoms with Crippen molar-refractivity contribution < 1.29 is 4.39 Å². The zero-order chi connectivity index (χ0) is 14.4. The van der Waals surface area contributed by atoms with E-state index in [4.69, 9.17) is 5.73 Å². The molecule has 1 fully saturated rings. The van der Waals surface area contributed by atoms with Crippen molar-refractivity contribution in [2.24, 2.45) is 0 Å². The van der Waals surface area contributed by atoms with Crippen molar-refractivity contribution in [1.82, 2.24) is 14.5 Å². The zero-order valence-electron chi connectivity index (χ0n) is 12.2. The Kier molecular flexibility index (Phi) is 3.17. The summed E-state index contributed by atoms with van der Waals surface area (Å²) < 4.78 is 15.6. The van der Waals surface area contributed by atoms with Gasteiger partial charge in [0.15, 0.2) is 0 Å². The Morgan fingerprint density at radius 3 is 2.85 bits per heavy atom. The fourth-order valence-electron chi connectivity index (χ4n) is 2.70. The largest absolute Gasteiger partial charge is 0.369 e. The van der Waals surface area contributed by atoms with Crippen LogP contribution in [0.2, 0.25) is 0 Å². The number of benzene rings is 1. The first kappa shape index (κ1) is 13.4. The van der Waals surface area contributed by atoms with Gasteiger partial charge in [-0.15, -0.1) is 0 Å². The second-order valence-electron chi connectivity index (χ2n) is 5.92. The number of nitrogens with two attached hydrogens (primary N) is 1. The van der Waals surface area contributed by atoms with E-state index in [1.54, 1.807) is 6.92 Å². The summed E-state index contributed by atoms with van der Waals surface area (Å²) in [6, 6.07) is 4.39. The number of rotatable bonds is 4. The lowest BCUT2D eigenvalue weighted by Gasteiger charge is -2.25. The van der Waals surface area contributed by atoms with Gasteiger partial charge in [-0.2, -0.15) is 0 Å². The maximum Gasteiger partial charge on any atom is 0.201 e. The Morgan fingerprint density at radius 1 is 1.50 bits per heavy atom. The molecule has 3 rings (SSSR count). The highest BCUT2D eigenvalue weighted by Crippen LogP contribution is 2.28. The first-order valence-electron chi connectivity index (χ1n) is 7.11. The third-order valence-corrected chi connectivity index (χ3v) is 4.32. The maximum atomic E-state index is 13.6. The lowest BCUT2D eigenvalue weighted by molar-refractivity contribution is 0.228. The third kappa shape index (κ3) is 2.26. The van der Waals surface area contributed by atoms with E-state index in [0.29, 0.717) is 29.1 Å². The van der Waals surface area contributed by atoms with Crippen LogP contribution in [0.15, 0.2) is 12.1 Å². The second-order valence-corrected chi connectivity index (χ2v) is 5.92. The summed E-state index contributed by atoms with van der Waals surface area (Å²) >= 11 is 0. The summed E-state index contributed by atoms with van der Waals surface area (Å²) in [5.74, 6) is 0.228. The molecule has 1 aromatic carbocycles. The number of hydrogen-bond donors (Lipinski definition) is 1. The third-order valence-electron chi connectivity index (χ3n) is 4.32. The first-order chi connectivity index (χ1) is 9.47. The predicted molar refractivity (Wildman–Crippen MR) is 79.1 cm³/mol. The van der Waals surface area contributed by atoms with Crippen LogP contribution >= 0.6 is 0 Å². The topological polar surface area (TPSA) is 47.1 Å². The number of aromatic nitrogens is 2. The van der Waals surface area contributed by atoms with Crippen LogP contribution in [-0.4, -0.2) is 33.6 Å². The van der Waals surface area contributed by atoms with E-state index < -0.39 is 0 Å². The smallest absolute Gasteiger partial charge is 0.201 e. The van der Waals surface area contributed by atoms with Gasteiger partial charge < -0.3 is 10.3 Å². The van der Waals surface area contributed by atoms with Crippen LogP contribution < -0.4 is 5.73 Å². The van der Waals surface area contributed by atoms with Gasteiger partial charge in [-0.05, 0) is 45.4 Å². The van der Waals surface area contributed by atoms with Crippen LogP contribution in [0.25, 0.3) is 11.0 Å². The molecule has 0 aliphatic heterocycles. The molecule has 0 radical (unpaired) electrons. The molecule has 5 heteroatoms. The molecule has 2 N–H and O–H groups in total. The van der Waals surface area contributed by atoms with Gasteiger partial charge in [0, 0.05) is 24.7 Å². The van der Waals surface area contributed by atoms with E-state index in [1.807, 2.05) is 10.6 Å². The molecule has 1 aromatic heterocycles. The molecular weight excluding hydrogens is 255 g/mol. The Hall–Kier alpha value is -1.62. The average molecular weight is 276 g/mol. The molecule has 0 bridgehead atoms. The van der Waals surface area contributed by atoms with Crippen LogP contribution in [0, 0.1) is 12.7 Å².